The SMILES string of the molecule is CNCC1CCN(C(=O)c2ccc(Oc3ccc(C(F)(F)F)cn3)cc2)CC1. The van der Waals surface area contributed by atoms with Crippen molar-refractivity contribution < 1.29 is 22.7 Å². The number of aromatic nitrogens is 1. The Hall–Kier alpha value is -2.61. The van der Waals surface area contributed by atoms with Crippen molar-refractivity contribution in [2.45, 2.75) is 19.0 Å². The minimum absolute atomic E-state index is 0.0258. The number of hydrogen-bond acceptors (Lipinski definition) is 4. The summed E-state index contributed by atoms with van der Waals surface area (Å²) in [4.78, 5) is 18.1. The van der Waals surface area contributed by atoms with E-state index < -0.39 is 11.7 Å². The quantitative estimate of drug-likeness (QED) is 0.835. The van der Waals surface area contributed by atoms with E-state index in [2.05, 4.69) is 10.3 Å². The molecule has 1 amide bonds. The van der Waals surface area contributed by atoms with Crippen LogP contribution in [0.2, 0.25) is 0 Å². The van der Waals surface area contributed by atoms with Crippen LogP contribution in [0.15, 0.2) is 42.6 Å². The topological polar surface area (TPSA) is 54.5 Å². The average Bonchev–Trinajstić information content (AvgIpc) is 2.69. The van der Waals surface area contributed by atoms with Crippen molar-refractivity contribution in [2.75, 3.05) is 26.7 Å². The molecule has 0 unspecified atom stereocenters. The summed E-state index contributed by atoms with van der Waals surface area (Å²) >= 11 is 0. The van der Waals surface area contributed by atoms with Crippen LogP contribution in [0, 0.1) is 5.92 Å². The van der Waals surface area contributed by atoms with Crippen molar-refractivity contribution in [3.05, 3.63) is 53.7 Å². The molecular formula is C20H22F3N3O2. The number of nitrogens with one attached hydrogen (secondary N) is 1. The fourth-order valence-electron chi connectivity index (χ4n) is 3.21. The Morgan fingerprint density at radius 3 is 2.39 bits per heavy atom. The van der Waals surface area contributed by atoms with E-state index in [0.717, 1.165) is 50.8 Å². The molecule has 2 heterocycles. The van der Waals surface area contributed by atoms with Gasteiger partial charge in [-0.3, -0.25) is 4.79 Å². The van der Waals surface area contributed by atoms with E-state index in [0.29, 0.717) is 17.2 Å². The van der Waals surface area contributed by atoms with E-state index >= 15 is 0 Å². The first-order valence-electron chi connectivity index (χ1n) is 9.12. The van der Waals surface area contributed by atoms with Gasteiger partial charge in [-0.15, -0.1) is 0 Å². The summed E-state index contributed by atoms with van der Waals surface area (Å²) in [6.07, 6.45) is -1.75. The summed E-state index contributed by atoms with van der Waals surface area (Å²) in [6, 6.07) is 8.61. The Bertz CT molecular complexity index is 784. The Balaban J connectivity index is 1.58. The molecule has 1 N–H and O–H groups in total. The van der Waals surface area contributed by atoms with Gasteiger partial charge < -0.3 is 15.0 Å². The molecule has 28 heavy (non-hydrogen) atoms. The van der Waals surface area contributed by atoms with E-state index in [1.807, 2.05) is 11.9 Å². The second-order valence-corrected chi connectivity index (χ2v) is 6.80. The van der Waals surface area contributed by atoms with Crippen molar-refractivity contribution in [3.63, 3.8) is 0 Å². The Morgan fingerprint density at radius 1 is 1.18 bits per heavy atom. The summed E-state index contributed by atoms with van der Waals surface area (Å²) in [7, 11) is 1.93. The molecule has 1 saturated heterocycles. The predicted molar refractivity (Wildman–Crippen MR) is 98.3 cm³/mol. The van der Waals surface area contributed by atoms with Crippen LogP contribution >= 0.6 is 0 Å². The third-order valence-corrected chi connectivity index (χ3v) is 4.78. The summed E-state index contributed by atoms with van der Waals surface area (Å²) < 4.78 is 43.1. The van der Waals surface area contributed by atoms with Crippen molar-refractivity contribution in [3.8, 4) is 11.6 Å². The summed E-state index contributed by atoms with van der Waals surface area (Å²) in [6.45, 7) is 2.43. The molecule has 0 saturated carbocycles. The van der Waals surface area contributed by atoms with Crippen LogP contribution < -0.4 is 10.1 Å². The lowest BCUT2D eigenvalue weighted by atomic mass is 9.96. The van der Waals surface area contributed by atoms with Crippen LogP contribution in [0.4, 0.5) is 13.2 Å². The summed E-state index contributed by atoms with van der Waals surface area (Å²) in [5.41, 5.74) is -0.279. The number of ether oxygens (including phenoxy) is 1. The normalized spacial score (nSPS) is 15.5. The van der Waals surface area contributed by atoms with Gasteiger partial charge in [-0.2, -0.15) is 13.2 Å². The highest BCUT2D eigenvalue weighted by atomic mass is 19.4. The van der Waals surface area contributed by atoms with E-state index in [4.69, 9.17) is 4.74 Å². The number of benzene rings is 1. The zero-order valence-corrected chi connectivity index (χ0v) is 15.5. The lowest BCUT2D eigenvalue weighted by Gasteiger charge is -2.32. The number of carbonyl (C=O) groups excluding carboxylic acids is 1. The molecular weight excluding hydrogens is 371 g/mol. The highest BCUT2D eigenvalue weighted by Gasteiger charge is 2.30. The van der Waals surface area contributed by atoms with Crippen molar-refractivity contribution in [2.24, 2.45) is 5.92 Å². The van der Waals surface area contributed by atoms with Gasteiger partial charge in [-0.05, 0) is 62.7 Å². The fourth-order valence-corrected chi connectivity index (χ4v) is 3.21. The third kappa shape index (κ3) is 5.01. The zero-order chi connectivity index (χ0) is 20.1. The van der Waals surface area contributed by atoms with Gasteiger partial charge in [0.2, 0.25) is 5.88 Å². The minimum Gasteiger partial charge on any atom is -0.439 e. The lowest BCUT2D eigenvalue weighted by molar-refractivity contribution is -0.137. The number of alkyl halides is 3. The lowest BCUT2D eigenvalue weighted by Crippen LogP contribution is -2.40. The second-order valence-electron chi connectivity index (χ2n) is 6.80. The van der Waals surface area contributed by atoms with Gasteiger partial charge in [0.25, 0.3) is 5.91 Å². The summed E-state index contributed by atoms with van der Waals surface area (Å²) in [5, 5.41) is 3.17. The molecule has 1 fully saturated rings. The Labute approximate surface area is 161 Å². The number of amides is 1. The number of likely N-dealkylation sites (tertiary alicyclic amines) is 1. The zero-order valence-electron chi connectivity index (χ0n) is 15.5. The van der Waals surface area contributed by atoms with E-state index in [1.54, 1.807) is 24.3 Å². The van der Waals surface area contributed by atoms with E-state index in [9.17, 15) is 18.0 Å². The monoisotopic (exact) mass is 393 g/mol. The molecule has 150 valence electrons. The van der Waals surface area contributed by atoms with Gasteiger partial charge in [0, 0.05) is 30.9 Å². The van der Waals surface area contributed by atoms with Crippen LogP contribution in [0.3, 0.4) is 0 Å². The largest absolute Gasteiger partial charge is 0.439 e. The van der Waals surface area contributed by atoms with Gasteiger partial charge in [-0.25, -0.2) is 4.98 Å². The molecule has 1 aliphatic heterocycles. The van der Waals surface area contributed by atoms with Crippen LogP contribution in [0.1, 0.15) is 28.8 Å². The van der Waals surface area contributed by atoms with Crippen molar-refractivity contribution >= 4 is 5.91 Å². The van der Waals surface area contributed by atoms with Gasteiger partial charge >= 0.3 is 6.18 Å². The van der Waals surface area contributed by atoms with Crippen molar-refractivity contribution in [1.82, 2.24) is 15.2 Å². The molecule has 8 heteroatoms. The van der Waals surface area contributed by atoms with Crippen LogP contribution in [-0.4, -0.2) is 42.5 Å². The third-order valence-electron chi connectivity index (χ3n) is 4.78. The van der Waals surface area contributed by atoms with Crippen molar-refractivity contribution in [1.29, 1.82) is 0 Å². The molecule has 0 radical (unpaired) electrons. The van der Waals surface area contributed by atoms with E-state index in [1.165, 1.54) is 0 Å². The number of rotatable bonds is 5. The Morgan fingerprint density at radius 2 is 1.86 bits per heavy atom. The number of carbonyl (C=O) groups is 1. The molecule has 1 aromatic carbocycles. The maximum atomic E-state index is 12.6. The van der Waals surface area contributed by atoms with E-state index in [-0.39, 0.29) is 11.8 Å². The van der Waals surface area contributed by atoms with Gasteiger partial charge in [-0.1, -0.05) is 0 Å². The van der Waals surface area contributed by atoms with Crippen LogP contribution in [0.5, 0.6) is 11.6 Å². The first-order chi connectivity index (χ1) is 13.4. The number of hydrogen-bond donors (Lipinski definition) is 1. The standard InChI is InChI=1S/C20H22F3N3O2/c1-24-12-14-8-10-26(11-9-14)19(27)15-2-5-17(6-3-15)28-18-7-4-16(13-25-18)20(21,22)23/h2-7,13-14,24H,8-12H2,1H3. The molecule has 2 aromatic rings. The van der Waals surface area contributed by atoms with Crippen LogP contribution in [0.25, 0.3) is 0 Å². The fraction of sp³-hybridized carbons (Fsp3) is 0.400. The molecule has 3 rings (SSSR count). The molecule has 0 aliphatic carbocycles. The Kier molecular flexibility index (Phi) is 6.18. The average molecular weight is 393 g/mol. The van der Waals surface area contributed by atoms with Gasteiger partial charge in [0.05, 0.1) is 5.56 Å². The number of pyridine rings is 1. The first kappa shape index (κ1) is 20.1. The van der Waals surface area contributed by atoms with Gasteiger partial charge in [0.1, 0.15) is 5.75 Å². The maximum Gasteiger partial charge on any atom is 0.417 e. The molecule has 0 spiro atoms. The van der Waals surface area contributed by atoms with Crippen LogP contribution in [-0.2, 0) is 6.18 Å². The van der Waals surface area contributed by atoms with Gasteiger partial charge in [0.15, 0.2) is 0 Å². The number of piperidine rings is 1. The predicted octanol–water partition coefficient (Wildman–Crippen LogP) is 3.96. The number of nitrogens with zero attached hydrogens (tertiary/aromatic N) is 2. The highest BCUT2D eigenvalue weighted by Crippen LogP contribution is 2.30. The first-order valence-corrected chi connectivity index (χ1v) is 9.12. The maximum absolute atomic E-state index is 12.6. The molecule has 5 nitrogen and oxygen atoms in total. The molecule has 0 atom stereocenters. The minimum atomic E-state index is -4.44. The smallest absolute Gasteiger partial charge is 0.417 e. The highest BCUT2D eigenvalue weighted by molar-refractivity contribution is 5.94. The molecule has 1 aliphatic rings. The molecule has 1 aromatic heterocycles. The second kappa shape index (κ2) is 8.60. The number of halogens is 3. The summed E-state index contributed by atoms with van der Waals surface area (Å²) in [5.74, 6) is 1.03. The molecule has 0 bridgehead atoms.